The minimum atomic E-state index is 0. The number of carbonyl (C=O) groups is 1. The summed E-state index contributed by atoms with van der Waals surface area (Å²) in [7, 11) is 0. The first kappa shape index (κ1) is 16.9. The lowest BCUT2D eigenvalue weighted by molar-refractivity contribution is -0.136. The van der Waals surface area contributed by atoms with Crippen LogP contribution in [0.3, 0.4) is 0 Å². The Morgan fingerprint density at radius 3 is 2.24 bits per heavy atom. The zero-order valence-corrected chi connectivity index (χ0v) is 11.5. The molecule has 2 aliphatic heterocycles. The molecule has 17 heavy (non-hydrogen) atoms. The van der Waals surface area contributed by atoms with Gasteiger partial charge in [0.25, 0.3) is 0 Å². The summed E-state index contributed by atoms with van der Waals surface area (Å²) in [4.78, 5) is 16.0. The van der Waals surface area contributed by atoms with Crippen molar-refractivity contribution in [2.75, 3.05) is 59.0 Å². The van der Waals surface area contributed by atoms with Crippen molar-refractivity contribution >= 4 is 30.7 Å². The van der Waals surface area contributed by atoms with Gasteiger partial charge in [-0.2, -0.15) is 0 Å². The van der Waals surface area contributed by atoms with Crippen LogP contribution in [0.4, 0.5) is 0 Å². The molecule has 0 unspecified atom stereocenters. The third kappa shape index (κ3) is 5.40. The SMILES string of the molecule is Cl.Cl.O=C(CN1CCNCC1)N1CCOCC1. The van der Waals surface area contributed by atoms with E-state index in [1.807, 2.05) is 4.90 Å². The summed E-state index contributed by atoms with van der Waals surface area (Å²) >= 11 is 0. The van der Waals surface area contributed by atoms with Crippen LogP contribution in [0.2, 0.25) is 0 Å². The zero-order valence-electron chi connectivity index (χ0n) is 9.89. The number of nitrogens with one attached hydrogen (secondary N) is 1. The molecule has 0 bridgehead atoms. The number of amides is 1. The second-order valence-electron chi connectivity index (χ2n) is 4.02. The maximum atomic E-state index is 11.9. The molecular formula is C10H21Cl2N3O2. The van der Waals surface area contributed by atoms with Gasteiger partial charge in [0.1, 0.15) is 0 Å². The first-order valence-corrected chi connectivity index (χ1v) is 5.65. The number of piperazine rings is 1. The molecule has 0 spiro atoms. The fourth-order valence-electron chi connectivity index (χ4n) is 1.97. The van der Waals surface area contributed by atoms with Crippen molar-refractivity contribution in [2.24, 2.45) is 0 Å². The van der Waals surface area contributed by atoms with Gasteiger partial charge in [0.15, 0.2) is 0 Å². The predicted octanol–water partition coefficient (Wildman–Crippen LogP) is -0.406. The molecule has 2 aliphatic rings. The summed E-state index contributed by atoms with van der Waals surface area (Å²) < 4.78 is 5.22. The van der Waals surface area contributed by atoms with E-state index in [1.54, 1.807) is 0 Å². The fourth-order valence-corrected chi connectivity index (χ4v) is 1.97. The number of hydrogen-bond acceptors (Lipinski definition) is 4. The van der Waals surface area contributed by atoms with Crippen molar-refractivity contribution in [3.05, 3.63) is 0 Å². The Labute approximate surface area is 115 Å². The minimum absolute atomic E-state index is 0. The van der Waals surface area contributed by atoms with E-state index in [2.05, 4.69) is 10.2 Å². The quantitative estimate of drug-likeness (QED) is 0.750. The number of halogens is 2. The number of carbonyl (C=O) groups excluding carboxylic acids is 1. The highest BCUT2D eigenvalue weighted by atomic mass is 35.5. The monoisotopic (exact) mass is 285 g/mol. The average Bonchev–Trinajstić information content (AvgIpc) is 2.31. The van der Waals surface area contributed by atoms with Crippen molar-refractivity contribution in [1.29, 1.82) is 0 Å². The normalized spacial score (nSPS) is 21.3. The fraction of sp³-hybridized carbons (Fsp3) is 0.900. The van der Waals surface area contributed by atoms with Crippen molar-refractivity contribution in [1.82, 2.24) is 15.1 Å². The van der Waals surface area contributed by atoms with E-state index in [-0.39, 0.29) is 30.7 Å². The molecule has 0 atom stereocenters. The lowest BCUT2D eigenvalue weighted by atomic mass is 10.3. The zero-order chi connectivity index (χ0) is 10.5. The first-order valence-electron chi connectivity index (χ1n) is 5.65. The van der Waals surface area contributed by atoms with E-state index in [4.69, 9.17) is 4.74 Å². The summed E-state index contributed by atoms with van der Waals surface area (Å²) in [6, 6.07) is 0. The van der Waals surface area contributed by atoms with Gasteiger partial charge in [-0.1, -0.05) is 0 Å². The molecule has 2 heterocycles. The van der Waals surface area contributed by atoms with E-state index in [0.29, 0.717) is 19.8 Å². The molecule has 0 aromatic carbocycles. The summed E-state index contributed by atoms with van der Waals surface area (Å²) in [5.41, 5.74) is 0. The number of rotatable bonds is 2. The highest BCUT2D eigenvalue weighted by molar-refractivity contribution is 5.85. The molecule has 0 aromatic heterocycles. The Balaban J connectivity index is 0.00000128. The Hall–Kier alpha value is -0.0700. The molecule has 0 aliphatic carbocycles. The Bertz CT molecular complexity index is 220. The van der Waals surface area contributed by atoms with Gasteiger partial charge >= 0.3 is 0 Å². The molecule has 2 fully saturated rings. The van der Waals surface area contributed by atoms with Gasteiger partial charge in [-0.3, -0.25) is 9.69 Å². The second kappa shape index (κ2) is 8.94. The van der Waals surface area contributed by atoms with E-state index in [9.17, 15) is 4.79 Å². The molecule has 0 aromatic rings. The van der Waals surface area contributed by atoms with Crippen LogP contribution in [-0.2, 0) is 9.53 Å². The number of ether oxygens (including phenoxy) is 1. The molecule has 0 saturated carbocycles. The van der Waals surface area contributed by atoms with Crippen molar-refractivity contribution < 1.29 is 9.53 Å². The van der Waals surface area contributed by atoms with E-state index < -0.39 is 0 Å². The van der Waals surface area contributed by atoms with Crippen molar-refractivity contribution in [3.8, 4) is 0 Å². The Morgan fingerprint density at radius 2 is 1.65 bits per heavy atom. The molecular weight excluding hydrogens is 265 g/mol. The third-order valence-corrected chi connectivity index (χ3v) is 2.93. The second-order valence-corrected chi connectivity index (χ2v) is 4.02. The number of nitrogens with zero attached hydrogens (tertiary/aromatic N) is 2. The average molecular weight is 286 g/mol. The smallest absolute Gasteiger partial charge is 0.236 e. The highest BCUT2D eigenvalue weighted by Crippen LogP contribution is 2.00. The topological polar surface area (TPSA) is 44.8 Å². The molecule has 1 N–H and O–H groups in total. The van der Waals surface area contributed by atoms with E-state index >= 15 is 0 Å². The molecule has 7 heteroatoms. The molecule has 1 amide bonds. The predicted molar refractivity (Wildman–Crippen MR) is 71.2 cm³/mol. The Morgan fingerprint density at radius 1 is 1.06 bits per heavy atom. The minimum Gasteiger partial charge on any atom is -0.378 e. The largest absolute Gasteiger partial charge is 0.378 e. The highest BCUT2D eigenvalue weighted by Gasteiger charge is 2.20. The van der Waals surface area contributed by atoms with Crippen LogP contribution in [0.15, 0.2) is 0 Å². The van der Waals surface area contributed by atoms with Gasteiger partial charge in [0.05, 0.1) is 19.8 Å². The van der Waals surface area contributed by atoms with Gasteiger partial charge in [0.2, 0.25) is 5.91 Å². The van der Waals surface area contributed by atoms with E-state index in [1.165, 1.54) is 0 Å². The molecule has 2 saturated heterocycles. The summed E-state index contributed by atoms with van der Waals surface area (Å²) in [5, 5.41) is 3.28. The van der Waals surface area contributed by atoms with Gasteiger partial charge in [0, 0.05) is 39.3 Å². The summed E-state index contributed by atoms with van der Waals surface area (Å²) in [6.07, 6.45) is 0. The van der Waals surface area contributed by atoms with Gasteiger partial charge < -0.3 is 15.0 Å². The summed E-state index contributed by atoms with van der Waals surface area (Å²) in [5.74, 6) is 0.250. The van der Waals surface area contributed by atoms with Gasteiger partial charge in [-0.15, -0.1) is 24.8 Å². The lowest BCUT2D eigenvalue weighted by Crippen LogP contribution is -2.50. The molecule has 5 nitrogen and oxygen atoms in total. The molecule has 0 radical (unpaired) electrons. The molecule has 2 rings (SSSR count). The standard InChI is InChI=1S/C10H19N3O2.2ClH/c14-10(13-5-7-15-8-6-13)9-12-3-1-11-2-4-12;;/h11H,1-9H2;2*1H. The maximum absolute atomic E-state index is 11.9. The van der Waals surface area contributed by atoms with Crippen LogP contribution in [0.1, 0.15) is 0 Å². The van der Waals surface area contributed by atoms with E-state index in [0.717, 1.165) is 39.3 Å². The van der Waals surface area contributed by atoms with Crippen LogP contribution >= 0.6 is 24.8 Å². The van der Waals surface area contributed by atoms with Crippen LogP contribution < -0.4 is 5.32 Å². The van der Waals surface area contributed by atoms with Crippen molar-refractivity contribution in [2.45, 2.75) is 0 Å². The Kier molecular flexibility index (Phi) is 8.90. The number of hydrogen-bond donors (Lipinski definition) is 1. The molecule has 102 valence electrons. The summed E-state index contributed by atoms with van der Waals surface area (Å²) in [6.45, 7) is 7.41. The van der Waals surface area contributed by atoms with Gasteiger partial charge in [-0.25, -0.2) is 0 Å². The third-order valence-electron chi connectivity index (χ3n) is 2.93. The first-order chi connectivity index (χ1) is 7.36. The lowest BCUT2D eigenvalue weighted by Gasteiger charge is -2.31. The number of morpholine rings is 1. The van der Waals surface area contributed by atoms with Gasteiger partial charge in [-0.05, 0) is 0 Å². The van der Waals surface area contributed by atoms with Crippen LogP contribution in [-0.4, -0.2) is 74.7 Å². The van der Waals surface area contributed by atoms with Crippen LogP contribution in [0.25, 0.3) is 0 Å². The van der Waals surface area contributed by atoms with Crippen molar-refractivity contribution in [3.63, 3.8) is 0 Å². The van der Waals surface area contributed by atoms with Crippen LogP contribution in [0, 0.1) is 0 Å². The van der Waals surface area contributed by atoms with Crippen LogP contribution in [0.5, 0.6) is 0 Å². The maximum Gasteiger partial charge on any atom is 0.236 e.